The number of hydrogen-bond acceptors (Lipinski definition) is 6. The molecule has 3 rings (SSSR count). The van der Waals surface area contributed by atoms with Crippen LogP contribution in [0.25, 0.3) is 0 Å². The summed E-state index contributed by atoms with van der Waals surface area (Å²) >= 11 is 0. The molecule has 1 aliphatic rings. The summed E-state index contributed by atoms with van der Waals surface area (Å²) in [4.78, 5) is 28.5. The maximum absolute atomic E-state index is 12.5. The third-order valence-electron chi connectivity index (χ3n) is 3.66. The normalized spacial score (nSPS) is 15.7. The van der Waals surface area contributed by atoms with Crippen LogP contribution in [0.3, 0.4) is 0 Å². The number of aromatic nitrogens is 3. The summed E-state index contributed by atoms with van der Waals surface area (Å²) in [5.74, 6) is -0.950. The van der Waals surface area contributed by atoms with Gasteiger partial charge in [0.15, 0.2) is 0 Å². The van der Waals surface area contributed by atoms with E-state index in [0.29, 0.717) is 6.54 Å². The number of imide groups is 1. The second-order valence-electron chi connectivity index (χ2n) is 5.52. The fraction of sp³-hybridized carbons (Fsp3) is 0.286. The molecule has 1 unspecified atom stereocenters. The Morgan fingerprint density at radius 1 is 1.21 bits per heavy atom. The van der Waals surface area contributed by atoms with E-state index in [1.165, 1.54) is 42.6 Å². The Morgan fingerprint density at radius 3 is 2.58 bits per heavy atom. The van der Waals surface area contributed by atoms with E-state index >= 15 is 0 Å². The largest absolute Gasteiger partial charge is 0.277 e. The van der Waals surface area contributed by atoms with Crippen LogP contribution in [0.2, 0.25) is 0 Å². The number of sulfonamides is 1. The third-order valence-corrected chi connectivity index (χ3v) is 5.24. The lowest BCUT2D eigenvalue weighted by molar-refractivity contribution is 0.0693. The highest BCUT2D eigenvalue weighted by atomic mass is 32.2. The fourth-order valence-electron chi connectivity index (χ4n) is 2.49. The van der Waals surface area contributed by atoms with Crippen molar-refractivity contribution in [2.75, 3.05) is 7.05 Å². The summed E-state index contributed by atoms with van der Waals surface area (Å²) in [6.07, 6.45) is 2.85. The summed E-state index contributed by atoms with van der Waals surface area (Å²) in [5, 5.41) is 3.92. The van der Waals surface area contributed by atoms with Crippen molar-refractivity contribution < 1.29 is 18.0 Å². The van der Waals surface area contributed by atoms with E-state index in [-0.39, 0.29) is 16.0 Å². The minimum atomic E-state index is -3.84. The number of fused-ring (bicyclic) bond motifs is 1. The lowest BCUT2D eigenvalue weighted by atomic mass is 10.1. The molecule has 2 amide bonds. The van der Waals surface area contributed by atoms with Crippen molar-refractivity contribution in [1.82, 2.24) is 24.4 Å². The molecule has 1 atom stereocenters. The van der Waals surface area contributed by atoms with Gasteiger partial charge in [-0.15, -0.1) is 0 Å². The van der Waals surface area contributed by atoms with Crippen LogP contribution in [0.15, 0.2) is 35.7 Å². The number of nitrogens with one attached hydrogen (secondary N) is 1. The van der Waals surface area contributed by atoms with E-state index in [0.717, 1.165) is 4.90 Å². The van der Waals surface area contributed by atoms with E-state index in [2.05, 4.69) is 14.8 Å². The van der Waals surface area contributed by atoms with Crippen LogP contribution < -0.4 is 4.72 Å². The highest BCUT2D eigenvalue weighted by Gasteiger charge is 2.34. The number of amides is 2. The van der Waals surface area contributed by atoms with Gasteiger partial charge in [-0.1, -0.05) is 0 Å². The molecule has 2 heterocycles. The molecule has 0 saturated carbocycles. The van der Waals surface area contributed by atoms with Crippen LogP contribution >= 0.6 is 0 Å². The fourth-order valence-corrected chi connectivity index (χ4v) is 3.75. The van der Waals surface area contributed by atoms with Gasteiger partial charge in [0.05, 0.1) is 22.6 Å². The van der Waals surface area contributed by atoms with E-state index < -0.39 is 27.9 Å². The summed E-state index contributed by atoms with van der Waals surface area (Å²) in [7, 11) is -2.48. The molecule has 0 saturated heterocycles. The molecular formula is C14H15N5O4S. The quantitative estimate of drug-likeness (QED) is 0.752. The number of carbonyl (C=O) groups excluding carboxylic acids is 2. The molecule has 1 aliphatic heterocycles. The topological polar surface area (TPSA) is 114 Å². The second-order valence-corrected chi connectivity index (χ2v) is 7.23. The Balaban J connectivity index is 1.83. The smallest absolute Gasteiger partial charge is 0.261 e. The highest BCUT2D eigenvalue weighted by Crippen LogP contribution is 2.24. The van der Waals surface area contributed by atoms with Crippen molar-refractivity contribution in [3.05, 3.63) is 42.0 Å². The summed E-state index contributed by atoms with van der Waals surface area (Å²) < 4.78 is 29.0. The van der Waals surface area contributed by atoms with Gasteiger partial charge in [-0.3, -0.25) is 19.2 Å². The zero-order valence-corrected chi connectivity index (χ0v) is 13.8. The molecule has 1 aromatic heterocycles. The minimum Gasteiger partial charge on any atom is -0.277 e. The molecule has 126 valence electrons. The number of carbonyl (C=O) groups is 2. The number of hydrogen-bond donors (Lipinski definition) is 1. The van der Waals surface area contributed by atoms with Crippen molar-refractivity contribution in [3.63, 3.8) is 0 Å². The zero-order valence-electron chi connectivity index (χ0n) is 13.0. The number of nitrogens with zero attached hydrogens (tertiary/aromatic N) is 4. The van der Waals surface area contributed by atoms with Gasteiger partial charge in [-0.2, -0.15) is 5.10 Å². The first-order chi connectivity index (χ1) is 11.3. The molecule has 0 radical (unpaired) electrons. The maximum Gasteiger partial charge on any atom is 0.261 e. The highest BCUT2D eigenvalue weighted by molar-refractivity contribution is 7.89. The van der Waals surface area contributed by atoms with Crippen molar-refractivity contribution in [2.24, 2.45) is 0 Å². The van der Waals surface area contributed by atoms with E-state index in [9.17, 15) is 18.0 Å². The molecule has 1 N–H and O–H groups in total. The van der Waals surface area contributed by atoms with Crippen molar-refractivity contribution in [1.29, 1.82) is 0 Å². The Kier molecular flexibility index (Phi) is 3.93. The number of benzene rings is 1. The van der Waals surface area contributed by atoms with Crippen LogP contribution in [0.1, 0.15) is 27.6 Å². The van der Waals surface area contributed by atoms with Gasteiger partial charge in [0.2, 0.25) is 10.0 Å². The maximum atomic E-state index is 12.5. The molecule has 10 heteroatoms. The van der Waals surface area contributed by atoms with Gasteiger partial charge in [0.25, 0.3) is 11.8 Å². The Hall–Kier alpha value is -2.59. The molecule has 9 nitrogen and oxygen atoms in total. The van der Waals surface area contributed by atoms with Crippen LogP contribution in [-0.4, -0.2) is 53.0 Å². The third kappa shape index (κ3) is 2.81. The lowest BCUT2D eigenvalue weighted by Gasteiger charge is -2.14. The molecule has 1 aromatic carbocycles. The number of rotatable bonds is 5. The SMILES string of the molecule is CC(Cn1cncn1)NS(=O)(=O)c1ccc2c(c1)C(=O)N(C)C2=O. The van der Waals surface area contributed by atoms with Crippen LogP contribution in [-0.2, 0) is 16.6 Å². The Bertz CT molecular complexity index is 907. The zero-order chi connectivity index (χ0) is 17.5. The van der Waals surface area contributed by atoms with Gasteiger partial charge in [0.1, 0.15) is 12.7 Å². The van der Waals surface area contributed by atoms with Gasteiger partial charge < -0.3 is 0 Å². The van der Waals surface area contributed by atoms with Gasteiger partial charge in [0, 0.05) is 13.1 Å². The Morgan fingerprint density at radius 2 is 1.92 bits per heavy atom. The molecule has 0 bridgehead atoms. The van der Waals surface area contributed by atoms with E-state index in [1.807, 2.05) is 0 Å². The Labute approximate surface area is 138 Å². The molecular weight excluding hydrogens is 334 g/mol. The monoisotopic (exact) mass is 349 g/mol. The van der Waals surface area contributed by atoms with Crippen LogP contribution in [0.4, 0.5) is 0 Å². The molecule has 24 heavy (non-hydrogen) atoms. The van der Waals surface area contributed by atoms with Crippen molar-refractivity contribution in [2.45, 2.75) is 24.4 Å². The van der Waals surface area contributed by atoms with E-state index in [4.69, 9.17) is 0 Å². The molecule has 0 spiro atoms. The molecule has 2 aromatic rings. The van der Waals surface area contributed by atoms with Crippen LogP contribution in [0.5, 0.6) is 0 Å². The summed E-state index contributed by atoms with van der Waals surface area (Å²) in [6.45, 7) is 2.00. The predicted molar refractivity (Wildman–Crippen MR) is 82.7 cm³/mol. The van der Waals surface area contributed by atoms with E-state index in [1.54, 1.807) is 6.92 Å². The first kappa shape index (κ1) is 16.3. The summed E-state index contributed by atoms with van der Waals surface area (Å²) in [6, 6.07) is 3.46. The average Bonchev–Trinajstić information content (AvgIpc) is 3.10. The van der Waals surface area contributed by atoms with Crippen molar-refractivity contribution in [3.8, 4) is 0 Å². The van der Waals surface area contributed by atoms with Crippen molar-refractivity contribution >= 4 is 21.8 Å². The second kappa shape index (κ2) is 5.80. The summed E-state index contributed by atoms with van der Waals surface area (Å²) in [5.41, 5.74) is 0.298. The predicted octanol–water partition coefficient (Wildman–Crippen LogP) is -0.129. The molecule has 0 aliphatic carbocycles. The standard InChI is InChI=1S/C14H15N5O4S/c1-9(6-19-8-15-7-16-19)17-24(22,23)10-3-4-11-12(5-10)14(21)18(2)13(11)20/h3-5,7-9,17H,6H2,1-2H3. The first-order valence-corrected chi connectivity index (χ1v) is 8.59. The van der Waals surface area contributed by atoms with Gasteiger partial charge in [-0.05, 0) is 25.1 Å². The van der Waals surface area contributed by atoms with Crippen LogP contribution in [0, 0.1) is 0 Å². The first-order valence-electron chi connectivity index (χ1n) is 7.11. The van der Waals surface area contributed by atoms with Gasteiger partial charge >= 0.3 is 0 Å². The molecule has 0 fully saturated rings. The van der Waals surface area contributed by atoms with Gasteiger partial charge in [-0.25, -0.2) is 18.1 Å². The average molecular weight is 349 g/mol. The lowest BCUT2D eigenvalue weighted by Crippen LogP contribution is -2.35. The minimum absolute atomic E-state index is 0.0665.